The van der Waals surface area contributed by atoms with E-state index in [9.17, 15) is 9.18 Å². The summed E-state index contributed by atoms with van der Waals surface area (Å²) in [6.07, 6.45) is 1.22. The normalized spacial score (nSPS) is 10.9. The number of hydrogen-bond donors (Lipinski definition) is 1. The lowest BCUT2D eigenvalue weighted by atomic mass is 10.2. The molecule has 0 heterocycles. The molecule has 2 aromatic rings. The van der Waals surface area contributed by atoms with Crippen LogP contribution >= 0.6 is 0 Å². The van der Waals surface area contributed by atoms with Crippen molar-refractivity contribution in [2.75, 3.05) is 0 Å². The highest BCUT2D eigenvalue weighted by Crippen LogP contribution is 2.19. The standard InChI is InChI=1S/C17H17FN2O2/c1-12(2)22-16-10-6-4-8-14(16)17(21)20-19-11-13-7-3-5-9-15(13)18/h3-12H,1-2H3,(H,20,21). The summed E-state index contributed by atoms with van der Waals surface area (Å²) < 4.78 is 19.0. The summed E-state index contributed by atoms with van der Waals surface area (Å²) in [7, 11) is 0. The number of nitrogens with zero attached hydrogens (tertiary/aromatic N) is 1. The van der Waals surface area contributed by atoms with E-state index in [1.54, 1.807) is 42.5 Å². The fourth-order valence-corrected chi connectivity index (χ4v) is 1.81. The predicted molar refractivity (Wildman–Crippen MR) is 83.7 cm³/mol. The Bertz CT molecular complexity index is 684. The van der Waals surface area contributed by atoms with Gasteiger partial charge in [0.1, 0.15) is 11.6 Å². The maximum atomic E-state index is 13.4. The van der Waals surface area contributed by atoms with Crippen molar-refractivity contribution < 1.29 is 13.9 Å². The smallest absolute Gasteiger partial charge is 0.275 e. The molecule has 1 N–H and O–H groups in total. The molecule has 4 nitrogen and oxygen atoms in total. The first-order chi connectivity index (χ1) is 10.6. The number of ether oxygens (including phenoxy) is 1. The number of hydrogen-bond acceptors (Lipinski definition) is 3. The average molecular weight is 300 g/mol. The molecule has 1 amide bonds. The van der Waals surface area contributed by atoms with Gasteiger partial charge in [0.15, 0.2) is 0 Å². The van der Waals surface area contributed by atoms with Crippen LogP contribution in [0, 0.1) is 5.82 Å². The topological polar surface area (TPSA) is 50.7 Å². The van der Waals surface area contributed by atoms with Gasteiger partial charge in [-0.2, -0.15) is 5.10 Å². The van der Waals surface area contributed by atoms with Crippen LogP contribution in [0.5, 0.6) is 5.75 Å². The van der Waals surface area contributed by atoms with Crippen molar-refractivity contribution in [3.05, 3.63) is 65.5 Å². The third-order valence-electron chi connectivity index (χ3n) is 2.77. The minimum atomic E-state index is -0.413. The van der Waals surface area contributed by atoms with Crippen molar-refractivity contribution in [2.24, 2.45) is 5.10 Å². The lowest BCUT2D eigenvalue weighted by Crippen LogP contribution is -2.19. The molecule has 0 aliphatic heterocycles. The zero-order chi connectivity index (χ0) is 15.9. The Labute approximate surface area is 128 Å². The fourth-order valence-electron chi connectivity index (χ4n) is 1.81. The van der Waals surface area contributed by atoms with E-state index < -0.39 is 11.7 Å². The molecule has 114 valence electrons. The number of carbonyl (C=O) groups excluding carboxylic acids is 1. The summed E-state index contributed by atoms with van der Waals surface area (Å²) in [4.78, 5) is 12.1. The van der Waals surface area contributed by atoms with Crippen LogP contribution in [0.15, 0.2) is 53.6 Å². The van der Waals surface area contributed by atoms with E-state index in [4.69, 9.17) is 4.74 Å². The number of halogens is 1. The SMILES string of the molecule is CC(C)Oc1ccccc1C(=O)NN=Cc1ccccc1F. The van der Waals surface area contributed by atoms with E-state index in [1.807, 2.05) is 13.8 Å². The molecule has 22 heavy (non-hydrogen) atoms. The van der Waals surface area contributed by atoms with Gasteiger partial charge >= 0.3 is 0 Å². The Balaban J connectivity index is 2.08. The molecule has 0 saturated carbocycles. The Morgan fingerprint density at radius 2 is 1.86 bits per heavy atom. The van der Waals surface area contributed by atoms with Gasteiger partial charge in [0.25, 0.3) is 5.91 Å². The van der Waals surface area contributed by atoms with E-state index in [-0.39, 0.29) is 6.10 Å². The van der Waals surface area contributed by atoms with Gasteiger partial charge < -0.3 is 4.74 Å². The van der Waals surface area contributed by atoms with Crippen LogP contribution in [0.25, 0.3) is 0 Å². The number of nitrogens with one attached hydrogen (secondary N) is 1. The van der Waals surface area contributed by atoms with Crippen LogP contribution < -0.4 is 10.2 Å². The molecule has 0 bridgehead atoms. The Hall–Kier alpha value is -2.69. The summed E-state index contributed by atoms with van der Waals surface area (Å²) in [5, 5.41) is 3.78. The van der Waals surface area contributed by atoms with Crippen molar-refractivity contribution in [2.45, 2.75) is 20.0 Å². The van der Waals surface area contributed by atoms with Crippen LogP contribution in [0.4, 0.5) is 4.39 Å². The highest BCUT2D eigenvalue weighted by Gasteiger charge is 2.12. The number of hydrazone groups is 1. The van der Waals surface area contributed by atoms with Crippen LogP contribution in [0.1, 0.15) is 29.8 Å². The zero-order valence-corrected chi connectivity index (χ0v) is 12.4. The molecule has 5 heteroatoms. The third-order valence-corrected chi connectivity index (χ3v) is 2.77. The quantitative estimate of drug-likeness (QED) is 0.680. The number of carbonyl (C=O) groups is 1. The number of rotatable bonds is 5. The molecule has 0 spiro atoms. The van der Waals surface area contributed by atoms with Crippen LogP contribution in [-0.4, -0.2) is 18.2 Å². The summed E-state index contributed by atoms with van der Waals surface area (Å²) in [5.41, 5.74) is 3.05. The molecule has 0 aromatic heterocycles. The van der Waals surface area contributed by atoms with Crippen molar-refractivity contribution in [1.29, 1.82) is 0 Å². The van der Waals surface area contributed by atoms with Crippen LogP contribution in [-0.2, 0) is 0 Å². The van der Waals surface area contributed by atoms with Crippen molar-refractivity contribution in [1.82, 2.24) is 5.43 Å². The lowest BCUT2D eigenvalue weighted by Gasteiger charge is -2.12. The van der Waals surface area contributed by atoms with E-state index in [2.05, 4.69) is 10.5 Å². The molecule has 0 fully saturated rings. The summed E-state index contributed by atoms with van der Waals surface area (Å²) >= 11 is 0. The van der Waals surface area contributed by atoms with Crippen molar-refractivity contribution in [3.63, 3.8) is 0 Å². The van der Waals surface area contributed by atoms with Gasteiger partial charge in [-0.05, 0) is 32.0 Å². The molecule has 0 atom stereocenters. The van der Waals surface area contributed by atoms with Crippen molar-refractivity contribution in [3.8, 4) is 5.75 Å². The Morgan fingerprint density at radius 1 is 1.18 bits per heavy atom. The largest absolute Gasteiger partial charge is 0.490 e. The van der Waals surface area contributed by atoms with Gasteiger partial charge in [0.2, 0.25) is 0 Å². The molecule has 0 radical (unpaired) electrons. The van der Waals surface area contributed by atoms with Crippen molar-refractivity contribution >= 4 is 12.1 Å². The summed E-state index contributed by atoms with van der Waals surface area (Å²) in [6.45, 7) is 3.76. The molecule has 2 rings (SSSR count). The van der Waals surface area contributed by atoms with Gasteiger partial charge in [-0.15, -0.1) is 0 Å². The molecule has 0 unspecified atom stereocenters. The second-order valence-electron chi connectivity index (χ2n) is 4.88. The highest BCUT2D eigenvalue weighted by molar-refractivity contribution is 5.97. The molecule has 0 aliphatic rings. The van der Waals surface area contributed by atoms with Gasteiger partial charge in [0, 0.05) is 5.56 Å². The van der Waals surface area contributed by atoms with E-state index >= 15 is 0 Å². The molecule has 0 aliphatic carbocycles. The second-order valence-corrected chi connectivity index (χ2v) is 4.88. The van der Waals surface area contributed by atoms with E-state index in [0.717, 1.165) is 0 Å². The van der Waals surface area contributed by atoms with Gasteiger partial charge in [0.05, 0.1) is 17.9 Å². The van der Waals surface area contributed by atoms with Gasteiger partial charge in [-0.1, -0.05) is 30.3 Å². The first-order valence-corrected chi connectivity index (χ1v) is 6.91. The molecule has 2 aromatic carbocycles. The maximum absolute atomic E-state index is 13.4. The van der Waals surface area contributed by atoms with E-state index in [1.165, 1.54) is 12.3 Å². The number of benzene rings is 2. The molecular weight excluding hydrogens is 283 g/mol. The molecule has 0 saturated heterocycles. The minimum Gasteiger partial charge on any atom is -0.490 e. The predicted octanol–water partition coefficient (Wildman–Crippen LogP) is 3.38. The Kier molecular flexibility index (Phi) is 5.25. The second kappa shape index (κ2) is 7.36. The first-order valence-electron chi connectivity index (χ1n) is 6.91. The summed E-state index contributed by atoms with van der Waals surface area (Å²) in [5.74, 6) is -0.330. The first kappa shape index (κ1) is 15.7. The van der Waals surface area contributed by atoms with E-state index in [0.29, 0.717) is 16.9 Å². The lowest BCUT2D eigenvalue weighted by molar-refractivity contribution is 0.0949. The highest BCUT2D eigenvalue weighted by atomic mass is 19.1. The average Bonchev–Trinajstić information content (AvgIpc) is 2.49. The Morgan fingerprint density at radius 3 is 2.59 bits per heavy atom. The van der Waals surface area contributed by atoms with Gasteiger partial charge in [-0.3, -0.25) is 4.79 Å². The monoisotopic (exact) mass is 300 g/mol. The fraction of sp³-hybridized carbons (Fsp3) is 0.176. The number of para-hydroxylation sites is 1. The van der Waals surface area contributed by atoms with Gasteiger partial charge in [-0.25, -0.2) is 9.82 Å². The number of amides is 1. The van der Waals surface area contributed by atoms with Crippen LogP contribution in [0.3, 0.4) is 0 Å². The maximum Gasteiger partial charge on any atom is 0.275 e. The van der Waals surface area contributed by atoms with Crippen LogP contribution in [0.2, 0.25) is 0 Å². The summed E-state index contributed by atoms with van der Waals surface area (Å²) in [6, 6.07) is 13.1. The zero-order valence-electron chi connectivity index (χ0n) is 12.4. The minimum absolute atomic E-state index is 0.0455. The molecular formula is C17H17FN2O2. The third kappa shape index (κ3) is 4.15.